The Morgan fingerprint density at radius 3 is 2.82 bits per heavy atom. The second kappa shape index (κ2) is 6.09. The van der Waals surface area contributed by atoms with Crippen molar-refractivity contribution >= 4 is 28.1 Å². The molecule has 17 heavy (non-hydrogen) atoms. The molecular formula is C10H12BrN3O3. The molecule has 1 aromatic carbocycles. The number of halogens is 1. The molecule has 1 amide bonds. The lowest BCUT2D eigenvalue weighted by Crippen LogP contribution is -2.20. The second-order valence-corrected chi connectivity index (χ2v) is 3.92. The summed E-state index contributed by atoms with van der Waals surface area (Å²) in [5.41, 5.74) is 5.74. The summed E-state index contributed by atoms with van der Waals surface area (Å²) >= 11 is 3.30. The Balaban J connectivity index is 3.07. The van der Waals surface area contributed by atoms with E-state index in [0.29, 0.717) is 16.0 Å². The minimum absolute atomic E-state index is 0.223. The van der Waals surface area contributed by atoms with Gasteiger partial charge in [0, 0.05) is 0 Å². The summed E-state index contributed by atoms with van der Waals surface area (Å²) in [6.45, 7) is -0.223. The van der Waals surface area contributed by atoms with Gasteiger partial charge in [0.1, 0.15) is 0 Å². The first kappa shape index (κ1) is 13.3. The average molecular weight is 302 g/mol. The second-order valence-electron chi connectivity index (χ2n) is 3.07. The van der Waals surface area contributed by atoms with Crippen LogP contribution in [0.1, 0.15) is 5.56 Å². The third-order valence-electron chi connectivity index (χ3n) is 1.83. The Hall–Kier alpha value is -1.76. The lowest BCUT2D eigenvalue weighted by atomic mass is 10.2. The van der Waals surface area contributed by atoms with Gasteiger partial charge in [0.25, 0.3) is 5.91 Å². The summed E-state index contributed by atoms with van der Waals surface area (Å²) in [6.07, 6.45) is 1.46. The molecular weight excluding hydrogens is 290 g/mol. The van der Waals surface area contributed by atoms with E-state index in [0.717, 1.165) is 5.56 Å². The van der Waals surface area contributed by atoms with Crippen molar-refractivity contribution in [2.45, 2.75) is 0 Å². The summed E-state index contributed by atoms with van der Waals surface area (Å²) in [5, 5.41) is 3.41. The predicted molar refractivity (Wildman–Crippen MR) is 67.2 cm³/mol. The first-order valence-corrected chi connectivity index (χ1v) is 5.39. The van der Waals surface area contributed by atoms with Gasteiger partial charge in [-0.25, -0.2) is 0 Å². The van der Waals surface area contributed by atoms with E-state index in [1.54, 1.807) is 12.1 Å². The molecule has 0 aromatic heterocycles. The van der Waals surface area contributed by atoms with Crippen molar-refractivity contribution in [2.24, 2.45) is 16.7 Å². The number of amides is 1. The van der Waals surface area contributed by atoms with Gasteiger partial charge in [0.05, 0.1) is 17.8 Å². The molecule has 0 radical (unpaired) electrons. The summed E-state index contributed by atoms with van der Waals surface area (Å²) < 4.78 is 11.0. The number of nitrogens with two attached hydrogens (primary N) is 2. The highest BCUT2D eigenvalue weighted by Crippen LogP contribution is 2.36. The topological polar surface area (TPSA) is 99.9 Å². The van der Waals surface area contributed by atoms with Crippen molar-refractivity contribution in [1.82, 2.24) is 0 Å². The van der Waals surface area contributed by atoms with E-state index in [4.69, 9.17) is 21.1 Å². The highest BCUT2D eigenvalue weighted by atomic mass is 79.9. The van der Waals surface area contributed by atoms with Crippen LogP contribution in [-0.4, -0.2) is 25.8 Å². The zero-order valence-electron chi connectivity index (χ0n) is 9.14. The number of hydrogen-bond donors (Lipinski definition) is 2. The maximum atomic E-state index is 10.7. The lowest BCUT2D eigenvalue weighted by Gasteiger charge is -2.12. The van der Waals surface area contributed by atoms with E-state index in [2.05, 4.69) is 21.0 Å². The Morgan fingerprint density at radius 1 is 1.59 bits per heavy atom. The van der Waals surface area contributed by atoms with Gasteiger partial charge < -0.3 is 21.1 Å². The van der Waals surface area contributed by atoms with Gasteiger partial charge >= 0.3 is 0 Å². The minimum Gasteiger partial charge on any atom is -0.493 e. The summed E-state index contributed by atoms with van der Waals surface area (Å²) in [7, 11) is 1.49. The molecule has 0 atom stereocenters. The molecule has 0 aliphatic heterocycles. The molecule has 4 N–H and O–H groups in total. The summed E-state index contributed by atoms with van der Waals surface area (Å²) in [6, 6.07) is 3.41. The number of primary amides is 1. The van der Waals surface area contributed by atoms with Crippen LogP contribution in [0.3, 0.4) is 0 Å². The molecule has 0 spiro atoms. The van der Waals surface area contributed by atoms with Gasteiger partial charge in [-0.05, 0) is 33.6 Å². The van der Waals surface area contributed by atoms with E-state index in [1.165, 1.54) is 13.3 Å². The molecule has 0 aliphatic carbocycles. The van der Waals surface area contributed by atoms with Crippen LogP contribution in [0.2, 0.25) is 0 Å². The number of hydrogen-bond acceptors (Lipinski definition) is 5. The molecule has 6 nitrogen and oxygen atoms in total. The molecule has 0 saturated heterocycles. The smallest absolute Gasteiger partial charge is 0.255 e. The van der Waals surface area contributed by atoms with Gasteiger partial charge in [-0.15, -0.1) is 0 Å². The highest BCUT2D eigenvalue weighted by molar-refractivity contribution is 9.10. The van der Waals surface area contributed by atoms with Crippen molar-refractivity contribution in [3.8, 4) is 11.5 Å². The standard InChI is InChI=1S/C10H12BrN3O3/c1-16-8-3-6(4-14-13)2-7(11)10(8)17-5-9(12)15/h2-4H,5,13H2,1H3,(H2,12,15). The molecule has 0 heterocycles. The number of nitrogens with zero attached hydrogens (tertiary/aromatic N) is 1. The number of ether oxygens (including phenoxy) is 2. The summed E-state index contributed by atoms with van der Waals surface area (Å²) in [4.78, 5) is 10.7. The maximum absolute atomic E-state index is 10.7. The summed E-state index contributed by atoms with van der Waals surface area (Å²) in [5.74, 6) is 5.35. The van der Waals surface area contributed by atoms with Crippen LogP contribution < -0.4 is 21.1 Å². The van der Waals surface area contributed by atoms with Crippen LogP contribution in [0.25, 0.3) is 0 Å². The van der Waals surface area contributed by atoms with Gasteiger partial charge in [-0.3, -0.25) is 4.79 Å². The van der Waals surface area contributed by atoms with Gasteiger partial charge in [0.15, 0.2) is 18.1 Å². The molecule has 1 rings (SSSR count). The van der Waals surface area contributed by atoms with E-state index in [-0.39, 0.29) is 6.61 Å². The van der Waals surface area contributed by atoms with E-state index in [9.17, 15) is 4.79 Å². The fourth-order valence-electron chi connectivity index (χ4n) is 1.18. The third kappa shape index (κ3) is 3.63. The lowest BCUT2D eigenvalue weighted by molar-refractivity contribution is -0.119. The van der Waals surface area contributed by atoms with Crippen molar-refractivity contribution in [1.29, 1.82) is 0 Å². The van der Waals surface area contributed by atoms with E-state index >= 15 is 0 Å². The molecule has 7 heteroatoms. The van der Waals surface area contributed by atoms with Crippen LogP contribution in [-0.2, 0) is 4.79 Å². The van der Waals surface area contributed by atoms with Gasteiger partial charge in [-0.1, -0.05) is 0 Å². The van der Waals surface area contributed by atoms with Crippen LogP contribution in [0.4, 0.5) is 0 Å². The highest BCUT2D eigenvalue weighted by Gasteiger charge is 2.12. The molecule has 92 valence electrons. The fraction of sp³-hybridized carbons (Fsp3) is 0.200. The molecule has 0 fully saturated rings. The number of carbonyl (C=O) groups is 1. The third-order valence-corrected chi connectivity index (χ3v) is 2.42. The van der Waals surface area contributed by atoms with Gasteiger partial charge in [0.2, 0.25) is 0 Å². The van der Waals surface area contributed by atoms with Crippen LogP contribution in [0.5, 0.6) is 11.5 Å². The zero-order valence-corrected chi connectivity index (χ0v) is 10.7. The SMILES string of the molecule is COc1cc(C=NN)cc(Br)c1OCC(N)=O. The number of carbonyl (C=O) groups excluding carboxylic acids is 1. The monoisotopic (exact) mass is 301 g/mol. The Kier molecular flexibility index (Phi) is 4.77. The quantitative estimate of drug-likeness (QED) is 0.473. The minimum atomic E-state index is -0.563. The van der Waals surface area contributed by atoms with Crippen molar-refractivity contribution in [3.05, 3.63) is 22.2 Å². The molecule has 1 aromatic rings. The fourth-order valence-corrected chi connectivity index (χ4v) is 1.76. The van der Waals surface area contributed by atoms with Crippen LogP contribution >= 0.6 is 15.9 Å². The molecule has 0 bridgehead atoms. The first-order chi connectivity index (χ1) is 8.08. The van der Waals surface area contributed by atoms with E-state index < -0.39 is 5.91 Å². The predicted octanol–water partition coefficient (Wildman–Crippen LogP) is 0.614. The first-order valence-electron chi connectivity index (χ1n) is 4.60. The van der Waals surface area contributed by atoms with Crippen LogP contribution in [0.15, 0.2) is 21.7 Å². The zero-order chi connectivity index (χ0) is 12.8. The van der Waals surface area contributed by atoms with Crippen molar-refractivity contribution in [2.75, 3.05) is 13.7 Å². The average Bonchev–Trinajstić information content (AvgIpc) is 2.27. The Morgan fingerprint density at radius 2 is 2.29 bits per heavy atom. The van der Waals surface area contributed by atoms with Gasteiger partial charge in [-0.2, -0.15) is 5.10 Å². The Bertz CT molecular complexity index is 449. The number of rotatable bonds is 5. The number of benzene rings is 1. The van der Waals surface area contributed by atoms with Crippen LogP contribution in [0, 0.1) is 0 Å². The van der Waals surface area contributed by atoms with Crippen molar-refractivity contribution < 1.29 is 14.3 Å². The normalized spacial score (nSPS) is 10.5. The molecule has 0 aliphatic rings. The number of hydrazone groups is 1. The van der Waals surface area contributed by atoms with E-state index in [1.807, 2.05) is 0 Å². The maximum Gasteiger partial charge on any atom is 0.255 e. The largest absolute Gasteiger partial charge is 0.493 e. The molecule has 0 saturated carbocycles. The Labute approximate surface area is 107 Å². The number of methoxy groups -OCH3 is 1. The van der Waals surface area contributed by atoms with Crippen molar-refractivity contribution in [3.63, 3.8) is 0 Å². The molecule has 0 unspecified atom stereocenters.